The molecule has 0 unspecified atom stereocenters. The summed E-state index contributed by atoms with van der Waals surface area (Å²) in [5.74, 6) is 0.940. The van der Waals surface area contributed by atoms with E-state index in [-0.39, 0.29) is 12.3 Å². The predicted octanol–water partition coefficient (Wildman–Crippen LogP) is 4.74. The summed E-state index contributed by atoms with van der Waals surface area (Å²) < 4.78 is 11.0. The summed E-state index contributed by atoms with van der Waals surface area (Å²) in [5.41, 5.74) is 3.41. The highest BCUT2D eigenvalue weighted by atomic mass is 16.5. The third kappa shape index (κ3) is 6.34. The van der Waals surface area contributed by atoms with Crippen molar-refractivity contribution in [3.63, 3.8) is 0 Å². The fraction of sp³-hybridized carbons (Fsp3) is 0.200. The number of amides is 1. The van der Waals surface area contributed by atoms with Gasteiger partial charge in [0.1, 0.15) is 17.2 Å². The Morgan fingerprint density at radius 2 is 1.65 bits per heavy atom. The Balaban J connectivity index is 1.62. The predicted molar refractivity (Wildman–Crippen MR) is 118 cm³/mol. The lowest BCUT2D eigenvalue weighted by Gasteiger charge is -2.11. The summed E-state index contributed by atoms with van der Waals surface area (Å²) in [6.07, 6.45) is 0.569. The zero-order valence-corrected chi connectivity index (χ0v) is 17.6. The van der Waals surface area contributed by atoms with E-state index < -0.39 is 5.97 Å². The van der Waals surface area contributed by atoms with Crippen LogP contribution in [0.2, 0.25) is 0 Å². The van der Waals surface area contributed by atoms with E-state index in [1.54, 1.807) is 37.4 Å². The van der Waals surface area contributed by atoms with E-state index in [0.717, 1.165) is 22.4 Å². The second kappa shape index (κ2) is 10.3. The molecule has 3 aromatic carbocycles. The number of ether oxygens (including phenoxy) is 2. The molecule has 0 radical (unpaired) electrons. The van der Waals surface area contributed by atoms with Gasteiger partial charge in [-0.3, -0.25) is 9.59 Å². The van der Waals surface area contributed by atoms with Crippen molar-refractivity contribution in [2.75, 3.05) is 7.11 Å². The Morgan fingerprint density at radius 1 is 0.935 bits per heavy atom. The number of carboxylic acids is 1. The van der Waals surface area contributed by atoms with Gasteiger partial charge in [0.15, 0.2) is 0 Å². The molecule has 0 fully saturated rings. The van der Waals surface area contributed by atoms with E-state index in [4.69, 9.17) is 14.6 Å². The molecule has 0 bridgehead atoms. The van der Waals surface area contributed by atoms with E-state index in [0.29, 0.717) is 30.0 Å². The monoisotopic (exact) mass is 419 g/mol. The molecule has 0 aliphatic heterocycles. The van der Waals surface area contributed by atoms with E-state index in [2.05, 4.69) is 5.32 Å². The van der Waals surface area contributed by atoms with Gasteiger partial charge in [0.2, 0.25) is 0 Å². The van der Waals surface area contributed by atoms with Crippen molar-refractivity contribution in [2.45, 2.75) is 26.3 Å². The zero-order chi connectivity index (χ0) is 22.2. The molecular formula is C25H25NO5. The lowest BCUT2D eigenvalue weighted by atomic mass is 10.0. The van der Waals surface area contributed by atoms with Crippen molar-refractivity contribution in [3.05, 3.63) is 89.0 Å². The van der Waals surface area contributed by atoms with Crippen LogP contribution in [-0.2, 0) is 17.8 Å². The van der Waals surface area contributed by atoms with Crippen molar-refractivity contribution in [3.8, 4) is 17.2 Å². The van der Waals surface area contributed by atoms with Gasteiger partial charge in [0, 0.05) is 18.5 Å². The van der Waals surface area contributed by atoms with Crippen LogP contribution in [-0.4, -0.2) is 24.1 Å². The summed E-state index contributed by atoms with van der Waals surface area (Å²) in [5, 5.41) is 11.7. The quantitative estimate of drug-likeness (QED) is 0.523. The summed E-state index contributed by atoms with van der Waals surface area (Å²) in [6.45, 7) is 2.33. The highest BCUT2D eigenvalue weighted by Crippen LogP contribution is 2.25. The lowest BCUT2D eigenvalue weighted by molar-refractivity contribution is -0.136. The minimum absolute atomic E-state index is 0.0920. The first-order valence-corrected chi connectivity index (χ1v) is 9.95. The number of nitrogens with one attached hydrogen (secondary N) is 1. The van der Waals surface area contributed by atoms with E-state index in [1.165, 1.54) is 0 Å². The molecule has 0 heterocycles. The van der Waals surface area contributed by atoms with Crippen LogP contribution < -0.4 is 14.8 Å². The van der Waals surface area contributed by atoms with Crippen LogP contribution in [0.25, 0.3) is 0 Å². The Kier molecular flexibility index (Phi) is 7.27. The molecule has 0 saturated heterocycles. The Labute approximate surface area is 181 Å². The molecular weight excluding hydrogens is 394 g/mol. The molecule has 3 aromatic rings. The van der Waals surface area contributed by atoms with Gasteiger partial charge < -0.3 is 19.9 Å². The minimum atomic E-state index is -0.818. The van der Waals surface area contributed by atoms with Gasteiger partial charge in [-0.05, 0) is 72.5 Å². The van der Waals surface area contributed by atoms with Gasteiger partial charge in [0.25, 0.3) is 5.91 Å². The second-order valence-corrected chi connectivity index (χ2v) is 7.14. The van der Waals surface area contributed by atoms with Crippen LogP contribution >= 0.6 is 0 Å². The molecule has 0 aromatic heterocycles. The highest BCUT2D eigenvalue weighted by Gasteiger charge is 2.09. The van der Waals surface area contributed by atoms with E-state index in [1.807, 2.05) is 43.3 Å². The largest absolute Gasteiger partial charge is 0.497 e. The molecule has 0 atom stereocenters. The maximum absolute atomic E-state index is 12.5. The van der Waals surface area contributed by atoms with E-state index >= 15 is 0 Å². The Bertz CT molecular complexity index is 1060. The van der Waals surface area contributed by atoms with Gasteiger partial charge in [0.05, 0.1) is 7.11 Å². The van der Waals surface area contributed by atoms with Crippen LogP contribution in [0, 0.1) is 6.92 Å². The van der Waals surface area contributed by atoms with Crippen LogP contribution in [0.15, 0.2) is 66.7 Å². The van der Waals surface area contributed by atoms with Gasteiger partial charge >= 0.3 is 5.97 Å². The normalized spacial score (nSPS) is 10.4. The summed E-state index contributed by atoms with van der Waals surface area (Å²) in [4.78, 5) is 23.3. The molecule has 0 spiro atoms. The third-order valence-corrected chi connectivity index (χ3v) is 4.87. The maximum Gasteiger partial charge on any atom is 0.303 e. The summed E-state index contributed by atoms with van der Waals surface area (Å²) in [6, 6.07) is 20.0. The maximum atomic E-state index is 12.5. The highest BCUT2D eigenvalue weighted by molar-refractivity contribution is 5.94. The summed E-state index contributed by atoms with van der Waals surface area (Å²) >= 11 is 0. The number of aryl methyl sites for hydroxylation is 2. The number of carboxylic acid groups (broad SMARTS) is 1. The average Bonchev–Trinajstić information content (AvgIpc) is 2.77. The molecule has 31 heavy (non-hydrogen) atoms. The first kappa shape index (κ1) is 21.9. The number of rotatable bonds is 9. The molecule has 0 saturated carbocycles. The molecule has 3 rings (SSSR count). The number of hydrogen-bond donors (Lipinski definition) is 2. The second-order valence-electron chi connectivity index (χ2n) is 7.14. The van der Waals surface area contributed by atoms with Gasteiger partial charge in [-0.2, -0.15) is 0 Å². The zero-order valence-electron chi connectivity index (χ0n) is 17.6. The van der Waals surface area contributed by atoms with E-state index in [9.17, 15) is 9.59 Å². The number of carbonyl (C=O) groups is 2. The number of aliphatic carboxylic acids is 1. The average molecular weight is 419 g/mol. The van der Waals surface area contributed by atoms with Gasteiger partial charge in [-0.15, -0.1) is 0 Å². The smallest absolute Gasteiger partial charge is 0.303 e. The van der Waals surface area contributed by atoms with Gasteiger partial charge in [-0.25, -0.2) is 0 Å². The molecule has 6 nitrogen and oxygen atoms in total. The minimum Gasteiger partial charge on any atom is -0.497 e. The molecule has 0 aliphatic carbocycles. The van der Waals surface area contributed by atoms with Crippen LogP contribution in [0.4, 0.5) is 0 Å². The molecule has 6 heteroatoms. The Hall–Kier alpha value is -3.80. The summed E-state index contributed by atoms with van der Waals surface area (Å²) in [7, 11) is 1.61. The van der Waals surface area contributed by atoms with Crippen molar-refractivity contribution in [1.82, 2.24) is 5.32 Å². The number of carbonyl (C=O) groups excluding carboxylic acids is 1. The standard InChI is InChI=1S/C25H25NO5/c1-17-14-23(12-8-19(17)9-13-24(27)28)31-22-5-3-4-20(15-22)25(29)26-16-18-6-10-21(30-2)11-7-18/h3-8,10-12,14-15H,9,13,16H2,1-2H3,(H,26,29)(H,27,28). The topological polar surface area (TPSA) is 84.9 Å². The van der Waals surface area contributed by atoms with Crippen molar-refractivity contribution >= 4 is 11.9 Å². The molecule has 0 aliphatic rings. The fourth-order valence-electron chi connectivity index (χ4n) is 3.12. The first-order valence-electron chi connectivity index (χ1n) is 9.95. The van der Waals surface area contributed by atoms with Crippen LogP contribution in [0.3, 0.4) is 0 Å². The van der Waals surface area contributed by atoms with Crippen molar-refractivity contribution < 1.29 is 24.2 Å². The lowest BCUT2D eigenvalue weighted by Crippen LogP contribution is -2.22. The van der Waals surface area contributed by atoms with Gasteiger partial charge in [-0.1, -0.05) is 24.3 Å². The molecule has 160 valence electrons. The number of benzene rings is 3. The first-order chi connectivity index (χ1) is 14.9. The Morgan fingerprint density at radius 3 is 2.32 bits per heavy atom. The van der Waals surface area contributed by atoms with Crippen molar-refractivity contribution in [2.24, 2.45) is 0 Å². The third-order valence-electron chi connectivity index (χ3n) is 4.87. The molecule has 1 amide bonds. The van der Waals surface area contributed by atoms with Crippen molar-refractivity contribution in [1.29, 1.82) is 0 Å². The SMILES string of the molecule is COc1ccc(CNC(=O)c2cccc(Oc3ccc(CCC(=O)O)c(C)c3)c2)cc1. The number of methoxy groups -OCH3 is 1. The number of hydrogen-bond acceptors (Lipinski definition) is 4. The van der Waals surface area contributed by atoms with Crippen LogP contribution in [0.1, 0.15) is 33.5 Å². The van der Waals surface area contributed by atoms with Crippen LogP contribution in [0.5, 0.6) is 17.2 Å². The fourth-order valence-corrected chi connectivity index (χ4v) is 3.12. The molecule has 2 N–H and O–H groups in total.